The van der Waals surface area contributed by atoms with Gasteiger partial charge in [-0.25, -0.2) is 0 Å². The molecule has 1 heterocycles. The Kier molecular flexibility index (Phi) is 5.23. The van der Waals surface area contributed by atoms with Crippen LogP contribution in [-0.4, -0.2) is 9.13 Å². The molecule has 1 aromatic heterocycles. The minimum absolute atomic E-state index is 0.542. The summed E-state index contributed by atoms with van der Waals surface area (Å²) >= 11 is 3.59. The van der Waals surface area contributed by atoms with Crippen LogP contribution < -0.4 is 5.62 Å². The smallest absolute Gasteiger partial charge is 0.203 e. The van der Waals surface area contributed by atoms with E-state index in [4.69, 9.17) is 5.41 Å². The quantitative estimate of drug-likeness (QED) is 0.425. The van der Waals surface area contributed by atoms with Crippen LogP contribution in [0.4, 0.5) is 0 Å². The molecule has 0 fully saturated rings. The van der Waals surface area contributed by atoms with Crippen LogP contribution in [0, 0.1) is 19.3 Å². The van der Waals surface area contributed by atoms with Crippen LogP contribution in [0.15, 0.2) is 71.2 Å². The van der Waals surface area contributed by atoms with Crippen molar-refractivity contribution in [2.24, 2.45) is 0 Å². The number of benzene rings is 3. The minimum atomic E-state index is 0.542. The Labute approximate surface area is 173 Å². The molecular formula is C24H24BrN3. The summed E-state index contributed by atoms with van der Waals surface area (Å²) in [7, 11) is 0. The van der Waals surface area contributed by atoms with E-state index >= 15 is 0 Å². The van der Waals surface area contributed by atoms with Gasteiger partial charge in [0.15, 0.2) is 0 Å². The Balaban J connectivity index is 1.72. The first-order valence-electron chi connectivity index (χ1n) is 9.55. The zero-order chi connectivity index (χ0) is 19.7. The van der Waals surface area contributed by atoms with Crippen molar-refractivity contribution in [1.82, 2.24) is 9.13 Å². The molecule has 0 atom stereocenters. The molecule has 0 aliphatic heterocycles. The molecule has 4 aromatic rings. The highest BCUT2D eigenvalue weighted by atomic mass is 79.9. The molecule has 0 aliphatic rings. The maximum atomic E-state index is 8.85. The predicted octanol–water partition coefficient (Wildman–Crippen LogP) is 5.59. The van der Waals surface area contributed by atoms with Crippen LogP contribution in [0.3, 0.4) is 0 Å². The highest BCUT2D eigenvalue weighted by molar-refractivity contribution is 9.10. The average Bonchev–Trinajstić information content (AvgIpc) is 2.94. The third kappa shape index (κ3) is 3.83. The van der Waals surface area contributed by atoms with Gasteiger partial charge in [0, 0.05) is 11.0 Å². The van der Waals surface area contributed by atoms with E-state index in [1.54, 1.807) is 0 Å². The van der Waals surface area contributed by atoms with E-state index in [0.29, 0.717) is 12.2 Å². The van der Waals surface area contributed by atoms with Gasteiger partial charge in [-0.3, -0.25) is 5.41 Å². The second-order valence-electron chi connectivity index (χ2n) is 7.42. The van der Waals surface area contributed by atoms with E-state index in [0.717, 1.165) is 28.5 Å². The number of aromatic nitrogens is 2. The zero-order valence-corrected chi connectivity index (χ0v) is 17.8. The number of fused-ring (bicyclic) bond motifs is 1. The molecule has 3 nitrogen and oxygen atoms in total. The highest BCUT2D eigenvalue weighted by Gasteiger charge is 2.12. The summed E-state index contributed by atoms with van der Waals surface area (Å²) in [6.45, 7) is 5.70. The number of nitrogens with zero attached hydrogens (tertiary/aromatic N) is 2. The second kappa shape index (κ2) is 7.80. The monoisotopic (exact) mass is 433 g/mol. The predicted molar refractivity (Wildman–Crippen MR) is 119 cm³/mol. The molecule has 142 valence electrons. The van der Waals surface area contributed by atoms with Crippen LogP contribution in [0.1, 0.15) is 22.3 Å². The summed E-state index contributed by atoms with van der Waals surface area (Å²) in [5, 5.41) is 8.85. The molecule has 0 unspecified atom stereocenters. The van der Waals surface area contributed by atoms with Crippen molar-refractivity contribution in [3.63, 3.8) is 0 Å². The molecule has 0 saturated carbocycles. The van der Waals surface area contributed by atoms with Gasteiger partial charge >= 0.3 is 0 Å². The van der Waals surface area contributed by atoms with Crippen LogP contribution in [0.5, 0.6) is 0 Å². The van der Waals surface area contributed by atoms with Crippen molar-refractivity contribution in [1.29, 1.82) is 5.41 Å². The number of hydrogen-bond acceptors (Lipinski definition) is 1. The zero-order valence-electron chi connectivity index (χ0n) is 16.2. The van der Waals surface area contributed by atoms with E-state index in [1.165, 1.54) is 22.3 Å². The lowest BCUT2D eigenvalue weighted by molar-refractivity contribution is 0.621. The van der Waals surface area contributed by atoms with Gasteiger partial charge in [0.2, 0.25) is 5.62 Å². The molecule has 4 heteroatoms. The Morgan fingerprint density at radius 2 is 1.36 bits per heavy atom. The summed E-state index contributed by atoms with van der Waals surface area (Å²) in [5.74, 6) is 0. The number of nitrogens with one attached hydrogen (secondary N) is 1. The summed E-state index contributed by atoms with van der Waals surface area (Å²) < 4.78 is 5.25. The van der Waals surface area contributed by atoms with Crippen molar-refractivity contribution in [3.8, 4) is 0 Å². The van der Waals surface area contributed by atoms with E-state index in [9.17, 15) is 0 Å². The third-order valence-corrected chi connectivity index (χ3v) is 5.73. The lowest BCUT2D eigenvalue weighted by atomic mass is 10.1. The highest BCUT2D eigenvalue weighted by Crippen LogP contribution is 2.21. The van der Waals surface area contributed by atoms with Gasteiger partial charge in [0.05, 0.1) is 17.6 Å². The molecule has 0 aliphatic carbocycles. The van der Waals surface area contributed by atoms with E-state index < -0.39 is 0 Å². The first-order valence-corrected chi connectivity index (χ1v) is 10.3. The van der Waals surface area contributed by atoms with Gasteiger partial charge < -0.3 is 9.13 Å². The molecule has 4 rings (SSSR count). The van der Waals surface area contributed by atoms with Gasteiger partial charge in [-0.15, -0.1) is 0 Å². The van der Waals surface area contributed by atoms with E-state index in [1.807, 2.05) is 0 Å². The van der Waals surface area contributed by atoms with Crippen molar-refractivity contribution >= 4 is 27.0 Å². The maximum absolute atomic E-state index is 8.85. The van der Waals surface area contributed by atoms with E-state index in [-0.39, 0.29) is 0 Å². The standard InChI is InChI=1S/C24H24BrN3/c1-17-3-7-19(8-4-17)13-14-27-22-12-11-21(25)15-23(22)28(24(27)26)16-20-9-5-18(2)6-10-20/h3-12,15,26H,13-14,16H2,1-2H3. The SMILES string of the molecule is Cc1ccc(CCn2c(=N)n(Cc3ccc(C)cc3)c3cc(Br)ccc32)cc1. The van der Waals surface area contributed by atoms with E-state index in [2.05, 4.69) is 106 Å². The number of rotatable bonds is 5. The summed E-state index contributed by atoms with van der Waals surface area (Å²) in [6.07, 6.45) is 0.913. The molecule has 0 bridgehead atoms. The Bertz CT molecular complexity index is 1170. The summed E-state index contributed by atoms with van der Waals surface area (Å²) in [5.41, 5.74) is 7.77. The fourth-order valence-corrected chi connectivity index (χ4v) is 3.92. The third-order valence-electron chi connectivity index (χ3n) is 5.24. The van der Waals surface area contributed by atoms with Gasteiger partial charge in [-0.05, 0) is 49.6 Å². The van der Waals surface area contributed by atoms with Gasteiger partial charge in [0.1, 0.15) is 0 Å². The van der Waals surface area contributed by atoms with Crippen LogP contribution in [0.25, 0.3) is 11.0 Å². The molecular weight excluding hydrogens is 410 g/mol. The summed E-state index contributed by atoms with van der Waals surface area (Å²) in [4.78, 5) is 0. The molecule has 3 aromatic carbocycles. The number of imidazole rings is 1. The largest absolute Gasteiger partial charge is 0.310 e. The molecule has 0 saturated heterocycles. The summed E-state index contributed by atoms with van der Waals surface area (Å²) in [6, 6.07) is 23.5. The Morgan fingerprint density at radius 3 is 2.00 bits per heavy atom. The van der Waals surface area contributed by atoms with Crippen molar-refractivity contribution in [2.75, 3.05) is 0 Å². The Morgan fingerprint density at radius 1 is 0.750 bits per heavy atom. The lowest BCUT2D eigenvalue weighted by Gasteiger charge is -2.06. The average molecular weight is 434 g/mol. The lowest BCUT2D eigenvalue weighted by Crippen LogP contribution is -2.25. The molecule has 0 amide bonds. The fraction of sp³-hybridized carbons (Fsp3) is 0.208. The van der Waals surface area contributed by atoms with Gasteiger partial charge in [0.25, 0.3) is 0 Å². The molecule has 0 spiro atoms. The number of hydrogen-bond donors (Lipinski definition) is 1. The normalized spacial score (nSPS) is 11.2. The van der Waals surface area contributed by atoms with Crippen LogP contribution >= 0.6 is 15.9 Å². The molecule has 1 N–H and O–H groups in total. The first kappa shape index (κ1) is 18.8. The van der Waals surface area contributed by atoms with Crippen LogP contribution in [0.2, 0.25) is 0 Å². The Hall–Kier alpha value is -2.59. The van der Waals surface area contributed by atoms with Gasteiger partial charge in [-0.2, -0.15) is 0 Å². The van der Waals surface area contributed by atoms with Crippen molar-refractivity contribution in [3.05, 3.63) is 99.1 Å². The first-order chi connectivity index (χ1) is 13.5. The minimum Gasteiger partial charge on any atom is -0.310 e. The number of aryl methyl sites for hydroxylation is 4. The molecule has 28 heavy (non-hydrogen) atoms. The maximum Gasteiger partial charge on any atom is 0.203 e. The molecule has 0 radical (unpaired) electrons. The van der Waals surface area contributed by atoms with Crippen molar-refractivity contribution in [2.45, 2.75) is 33.4 Å². The number of halogens is 1. The second-order valence-corrected chi connectivity index (χ2v) is 8.33. The van der Waals surface area contributed by atoms with Crippen LogP contribution in [-0.2, 0) is 19.5 Å². The fourth-order valence-electron chi connectivity index (χ4n) is 3.57. The van der Waals surface area contributed by atoms with Gasteiger partial charge in [-0.1, -0.05) is 75.6 Å². The topological polar surface area (TPSA) is 33.7 Å². The van der Waals surface area contributed by atoms with Crippen molar-refractivity contribution < 1.29 is 0 Å².